The molecule has 2 N–H and O–H groups in total. The van der Waals surface area contributed by atoms with Crippen LogP contribution < -0.4 is 5.73 Å². The molecular formula is C14H20N2O2. The second-order valence-corrected chi connectivity index (χ2v) is 4.93. The minimum absolute atomic E-state index is 0.0222. The second kappa shape index (κ2) is 5.98. The van der Waals surface area contributed by atoms with Crippen molar-refractivity contribution in [1.29, 1.82) is 0 Å². The maximum atomic E-state index is 11.4. The summed E-state index contributed by atoms with van der Waals surface area (Å²) >= 11 is 0. The molecule has 1 saturated heterocycles. The van der Waals surface area contributed by atoms with E-state index >= 15 is 0 Å². The van der Waals surface area contributed by atoms with Crippen molar-refractivity contribution in [3.8, 4) is 0 Å². The van der Waals surface area contributed by atoms with Crippen molar-refractivity contribution < 1.29 is 9.53 Å². The van der Waals surface area contributed by atoms with Gasteiger partial charge in [0.2, 0.25) is 0 Å². The number of benzene rings is 1. The van der Waals surface area contributed by atoms with E-state index in [-0.39, 0.29) is 12.1 Å². The van der Waals surface area contributed by atoms with Crippen LogP contribution in [0.5, 0.6) is 0 Å². The molecule has 4 heteroatoms. The van der Waals surface area contributed by atoms with Crippen LogP contribution in [0.4, 0.5) is 0 Å². The number of cyclic esters (lactones) is 1. The molecule has 1 fully saturated rings. The molecule has 0 saturated carbocycles. The number of hydrogen-bond acceptors (Lipinski definition) is 4. The van der Waals surface area contributed by atoms with Gasteiger partial charge in [-0.15, -0.1) is 0 Å². The number of likely N-dealkylation sites (N-methyl/N-ethyl adjacent to an activating group) is 1. The van der Waals surface area contributed by atoms with Crippen molar-refractivity contribution in [3.05, 3.63) is 35.9 Å². The second-order valence-electron chi connectivity index (χ2n) is 4.93. The zero-order valence-corrected chi connectivity index (χ0v) is 10.7. The third-order valence-electron chi connectivity index (χ3n) is 3.20. The van der Waals surface area contributed by atoms with Crippen molar-refractivity contribution in [3.63, 3.8) is 0 Å². The fourth-order valence-electron chi connectivity index (χ4n) is 2.23. The predicted octanol–water partition coefficient (Wildman–Crippen LogP) is 1.15. The van der Waals surface area contributed by atoms with Crippen molar-refractivity contribution in [1.82, 2.24) is 4.90 Å². The summed E-state index contributed by atoms with van der Waals surface area (Å²) < 4.78 is 5.30. The van der Waals surface area contributed by atoms with Gasteiger partial charge < -0.3 is 10.5 Å². The van der Waals surface area contributed by atoms with Crippen LogP contribution in [0.15, 0.2) is 30.3 Å². The van der Waals surface area contributed by atoms with Crippen LogP contribution in [0.1, 0.15) is 18.4 Å². The number of carbonyl (C=O) groups excluding carboxylic acids is 1. The molecule has 0 amide bonds. The summed E-state index contributed by atoms with van der Waals surface area (Å²) in [5, 5.41) is 0. The Balaban J connectivity index is 1.81. The van der Waals surface area contributed by atoms with Gasteiger partial charge in [-0.1, -0.05) is 30.3 Å². The first-order valence-electron chi connectivity index (χ1n) is 6.33. The van der Waals surface area contributed by atoms with Crippen LogP contribution in [-0.4, -0.2) is 36.6 Å². The lowest BCUT2D eigenvalue weighted by atomic mass is 10.0. The Morgan fingerprint density at radius 1 is 1.33 bits per heavy atom. The van der Waals surface area contributed by atoms with E-state index in [1.54, 1.807) is 0 Å². The van der Waals surface area contributed by atoms with Gasteiger partial charge in [0.05, 0.1) is 0 Å². The van der Waals surface area contributed by atoms with Crippen LogP contribution in [0.2, 0.25) is 0 Å². The van der Waals surface area contributed by atoms with E-state index in [0.717, 1.165) is 25.9 Å². The zero-order valence-electron chi connectivity index (χ0n) is 10.7. The molecule has 2 atom stereocenters. The Kier molecular flexibility index (Phi) is 4.33. The molecule has 0 spiro atoms. The van der Waals surface area contributed by atoms with E-state index in [0.29, 0.717) is 0 Å². The first kappa shape index (κ1) is 13.1. The quantitative estimate of drug-likeness (QED) is 0.812. The Morgan fingerprint density at radius 3 is 2.72 bits per heavy atom. The van der Waals surface area contributed by atoms with Crippen molar-refractivity contribution in [2.24, 2.45) is 5.73 Å². The van der Waals surface area contributed by atoms with Gasteiger partial charge in [0.25, 0.3) is 0 Å². The Bertz CT molecular complexity index is 394. The topological polar surface area (TPSA) is 55.6 Å². The van der Waals surface area contributed by atoms with Crippen LogP contribution >= 0.6 is 0 Å². The first-order chi connectivity index (χ1) is 8.65. The molecule has 0 aliphatic carbocycles. The van der Waals surface area contributed by atoms with E-state index in [9.17, 15) is 4.79 Å². The van der Waals surface area contributed by atoms with Gasteiger partial charge in [-0.2, -0.15) is 0 Å². The smallest absolute Gasteiger partial charge is 0.323 e. The standard InChI is InChI=1S/C14H20N2O2/c1-16(9-11-5-3-2-4-6-11)10-12-7-8-13(15)14(17)18-12/h2-6,12-13H,7-10,15H2,1H3. The number of carbonyl (C=O) groups is 1. The monoisotopic (exact) mass is 248 g/mol. The van der Waals surface area contributed by atoms with Gasteiger partial charge >= 0.3 is 5.97 Å². The molecular weight excluding hydrogens is 228 g/mol. The minimum Gasteiger partial charge on any atom is -0.460 e. The molecule has 0 radical (unpaired) electrons. The normalized spacial score (nSPS) is 24.1. The van der Waals surface area contributed by atoms with Gasteiger partial charge in [0.15, 0.2) is 0 Å². The van der Waals surface area contributed by atoms with E-state index in [4.69, 9.17) is 10.5 Å². The Hall–Kier alpha value is -1.39. The molecule has 1 aliphatic heterocycles. The summed E-state index contributed by atoms with van der Waals surface area (Å²) in [6.45, 7) is 1.62. The van der Waals surface area contributed by atoms with E-state index in [1.165, 1.54) is 5.56 Å². The maximum absolute atomic E-state index is 11.4. The molecule has 0 aromatic heterocycles. The molecule has 1 aliphatic rings. The van der Waals surface area contributed by atoms with E-state index in [1.807, 2.05) is 25.2 Å². The highest BCUT2D eigenvalue weighted by molar-refractivity contribution is 5.76. The van der Waals surface area contributed by atoms with Crippen LogP contribution in [-0.2, 0) is 16.1 Å². The fourth-order valence-corrected chi connectivity index (χ4v) is 2.23. The molecule has 1 aromatic carbocycles. The maximum Gasteiger partial charge on any atom is 0.323 e. The summed E-state index contributed by atoms with van der Waals surface area (Å²) in [7, 11) is 2.04. The lowest BCUT2D eigenvalue weighted by molar-refractivity contribution is -0.156. The molecule has 2 unspecified atom stereocenters. The third-order valence-corrected chi connectivity index (χ3v) is 3.20. The number of nitrogens with zero attached hydrogens (tertiary/aromatic N) is 1. The highest BCUT2D eigenvalue weighted by Crippen LogP contribution is 2.15. The zero-order chi connectivity index (χ0) is 13.0. The van der Waals surface area contributed by atoms with Crippen LogP contribution in [0.25, 0.3) is 0 Å². The summed E-state index contributed by atoms with van der Waals surface area (Å²) in [5.41, 5.74) is 6.87. The molecule has 18 heavy (non-hydrogen) atoms. The van der Waals surface area contributed by atoms with Crippen molar-refractivity contribution >= 4 is 5.97 Å². The molecule has 0 bridgehead atoms. The number of esters is 1. The predicted molar refractivity (Wildman–Crippen MR) is 69.9 cm³/mol. The molecule has 1 heterocycles. The van der Waals surface area contributed by atoms with E-state index in [2.05, 4.69) is 17.0 Å². The Morgan fingerprint density at radius 2 is 2.06 bits per heavy atom. The summed E-state index contributed by atoms with van der Waals surface area (Å²) in [4.78, 5) is 13.5. The molecule has 1 aromatic rings. The number of nitrogens with two attached hydrogens (primary N) is 1. The number of ether oxygens (including phenoxy) is 1. The van der Waals surface area contributed by atoms with Gasteiger partial charge in [-0.05, 0) is 25.5 Å². The molecule has 98 valence electrons. The highest BCUT2D eigenvalue weighted by Gasteiger charge is 2.27. The average Bonchev–Trinajstić information content (AvgIpc) is 2.35. The lowest BCUT2D eigenvalue weighted by Crippen LogP contribution is -2.44. The number of rotatable bonds is 4. The summed E-state index contributed by atoms with van der Waals surface area (Å²) in [6, 6.07) is 9.83. The molecule has 4 nitrogen and oxygen atoms in total. The summed E-state index contributed by atoms with van der Waals surface area (Å²) in [5.74, 6) is -0.264. The Labute approximate surface area is 108 Å². The SMILES string of the molecule is CN(Cc1ccccc1)CC1CCC(N)C(=O)O1. The lowest BCUT2D eigenvalue weighted by Gasteiger charge is -2.29. The van der Waals surface area contributed by atoms with E-state index < -0.39 is 6.04 Å². The van der Waals surface area contributed by atoms with Gasteiger partial charge in [-0.3, -0.25) is 9.69 Å². The largest absolute Gasteiger partial charge is 0.460 e. The van der Waals surface area contributed by atoms with Gasteiger partial charge in [0, 0.05) is 13.1 Å². The highest BCUT2D eigenvalue weighted by atomic mass is 16.5. The van der Waals surface area contributed by atoms with Crippen molar-refractivity contribution in [2.45, 2.75) is 31.5 Å². The average molecular weight is 248 g/mol. The van der Waals surface area contributed by atoms with Crippen LogP contribution in [0.3, 0.4) is 0 Å². The van der Waals surface area contributed by atoms with Crippen LogP contribution in [0, 0.1) is 0 Å². The minimum atomic E-state index is -0.430. The summed E-state index contributed by atoms with van der Waals surface area (Å²) in [6.07, 6.45) is 1.56. The first-order valence-corrected chi connectivity index (χ1v) is 6.33. The van der Waals surface area contributed by atoms with Gasteiger partial charge in [-0.25, -0.2) is 0 Å². The number of hydrogen-bond donors (Lipinski definition) is 1. The molecule has 2 rings (SSSR count). The third kappa shape index (κ3) is 3.55. The van der Waals surface area contributed by atoms with Crippen molar-refractivity contribution in [2.75, 3.05) is 13.6 Å². The fraction of sp³-hybridized carbons (Fsp3) is 0.500. The van der Waals surface area contributed by atoms with Gasteiger partial charge in [0.1, 0.15) is 12.1 Å².